The van der Waals surface area contributed by atoms with Crippen molar-refractivity contribution in [1.82, 2.24) is 10.2 Å². The molecule has 0 aromatic heterocycles. The lowest BCUT2D eigenvalue weighted by Crippen LogP contribution is -2.45. The number of benzene rings is 1. The Morgan fingerprint density at radius 1 is 1.12 bits per heavy atom. The summed E-state index contributed by atoms with van der Waals surface area (Å²) >= 11 is 0. The van der Waals surface area contributed by atoms with Gasteiger partial charge in [0.1, 0.15) is 5.75 Å². The fourth-order valence-corrected chi connectivity index (χ4v) is 3.95. The number of nitrogens with zero attached hydrogens (tertiary/aromatic N) is 1. The van der Waals surface area contributed by atoms with Crippen LogP contribution in [0.1, 0.15) is 24.8 Å². The van der Waals surface area contributed by atoms with Crippen LogP contribution in [0.5, 0.6) is 5.75 Å². The lowest BCUT2D eigenvalue weighted by atomic mass is 10.1. The van der Waals surface area contributed by atoms with Crippen LogP contribution >= 0.6 is 0 Å². The summed E-state index contributed by atoms with van der Waals surface area (Å²) < 4.78 is 5.16. The van der Waals surface area contributed by atoms with Crippen molar-refractivity contribution >= 4 is 17.4 Å². The fourth-order valence-electron chi connectivity index (χ4n) is 3.95. The molecule has 0 spiro atoms. The average molecular weight is 326 g/mol. The maximum atomic E-state index is 12.4. The molecule has 3 aliphatic rings. The highest BCUT2D eigenvalue weighted by atomic mass is 16.5. The Balaban J connectivity index is 1.32. The second-order valence-electron chi connectivity index (χ2n) is 7.04. The van der Waals surface area contributed by atoms with Gasteiger partial charge < -0.3 is 15.0 Å². The van der Waals surface area contributed by atoms with Crippen LogP contribution in [-0.2, 0) is 9.59 Å². The first kappa shape index (κ1) is 15.2. The molecule has 1 aromatic carbocycles. The van der Waals surface area contributed by atoms with Crippen molar-refractivity contribution in [3.05, 3.63) is 35.9 Å². The molecule has 0 bridgehead atoms. The molecule has 2 atom stereocenters. The summed E-state index contributed by atoms with van der Waals surface area (Å²) in [7, 11) is 1.64. The van der Waals surface area contributed by atoms with Crippen LogP contribution in [0.2, 0.25) is 0 Å². The molecule has 4 rings (SSSR count). The van der Waals surface area contributed by atoms with Crippen molar-refractivity contribution in [3.8, 4) is 5.75 Å². The molecule has 1 N–H and O–H groups in total. The zero-order valence-electron chi connectivity index (χ0n) is 13.8. The number of carbonyl (C=O) groups excluding carboxylic acids is 2. The number of fused-ring (bicyclic) bond motifs is 1. The van der Waals surface area contributed by atoms with E-state index in [-0.39, 0.29) is 6.04 Å². The predicted molar refractivity (Wildman–Crippen MR) is 90.3 cm³/mol. The zero-order chi connectivity index (χ0) is 16.7. The van der Waals surface area contributed by atoms with Gasteiger partial charge in [-0.3, -0.25) is 9.59 Å². The van der Waals surface area contributed by atoms with Crippen LogP contribution in [0.4, 0.5) is 0 Å². The number of hydrogen-bond acceptors (Lipinski definition) is 3. The van der Waals surface area contributed by atoms with Gasteiger partial charge in [0.2, 0.25) is 0 Å². The largest absolute Gasteiger partial charge is 0.497 e. The quantitative estimate of drug-likeness (QED) is 0.862. The van der Waals surface area contributed by atoms with E-state index in [1.165, 1.54) is 6.42 Å². The van der Waals surface area contributed by atoms with E-state index in [4.69, 9.17) is 4.74 Å². The molecule has 0 radical (unpaired) electrons. The van der Waals surface area contributed by atoms with Crippen LogP contribution < -0.4 is 10.1 Å². The van der Waals surface area contributed by atoms with Crippen molar-refractivity contribution in [1.29, 1.82) is 0 Å². The number of nitrogens with one attached hydrogen (secondary N) is 1. The maximum absolute atomic E-state index is 12.4. The third kappa shape index (κ3) is 2.90. The first-order chi connectivity index (χ1) is 11.6. The Hall–Kier alpha value is -2.30. The molecule has 5 nitrogen and oxygen atoms in total. The number of methoxy groups -OCH3 is 1. The summed E-state index contributed by atoms with van der Waals surface area (Å²) in [4.78, 5) is 26.2. The van der Waals surface area contributed by atoms with Crippen LogP contribution in [0.25, 0.3) is 5.57 Å². The minimum absolute atomic E-state index is 0.196. The maximum Gasteiger partial charge on any atom is 0.312 e. The number of hydrogen-bond donors (Lipinski definition) is 1. The lowest BCUT2D eigenvalue weighted by Gasteiger charge is -2.19. The van der Waals surface area contributed by atoms with Gasteiger partial charge in [-0.2, -0.15) is 0 Å². The molecular weight excluding hydrogens is 304 g/mol. The van der Waals surface area contributed by atoms with E-state index in [0.29, 0.717) is 13.1 Å². The zero-order valence-corrected chi connectivity index (χ0v) is 13.8. The third-order valence-corrected chi connectivity index (χ3v) is 5.44. The molecule has 1 aromatic rings. The molecule has 24 heavy (non-hydrogen) atoms. The highest BCUT2D eigenvalue weighted by molar-refractivity contribution is 6.35. The van der Waals surface area contributed by atoms with Crippen molar-refractivity contribution in [2.75, 3.05) is 20.2 Å². The molecular formula is C19H22N2O3. The average Bonchev–Trinajstić information content (AvgIpc) is 3.02. The van der Waals surface area contributed by atoms with Gasteiger partial charge in [0, 0.05) is 19.1 Å². The Morgan fingerprint density at radius 2 is 1.83 bits per heavy atom. The normalized spacial score (nSPS) is 27.5. The number of ether oxygens (including phenoxy) is 1. The van der Waals surface area contributed by atoms with E-state index in [1.807, 2.05) is 30.3 Å². The van der Waals surface area contributed by atoms with Gasteiger partial charge in [0.15, 0.2) is 0 Å². The second-order valence-corrected chi connectivity index (χ2v) is 7.04. The number of rotatable bonds is 3. The highest BCUT2D eigenvalue weighted by Gasteiger charge is 2.46. The third-order valence-electron chi connectivity index (χ3n) is 5.44. The molecule has 1 heterocycles. The van der Waals surface area contributed by atoms with Gasteiger partial charge in [-0.05, 0) is 54.4 Å². The first-order valence-corrected chi connectivity index (χ1v) is 8.57. The molecule has 0 saturated heterocycles. The van der Waals surface area contributed by atoms with E-state index >= 15 is 0 Å². The van der Waals surface area contributed by atoms with Crippen LogP contribution in [0.3, 0.4) is 0 Å². The van der Waals surface area contributed by atoms with Crippen LogP contribution in [-0.4, -0.2) is 43.0 Å². The van der Waals surface area contributed by atoms with Gasteiger partial charge in [-0.1, -0.05) is 18.2 Å². The number of amides is 2. The van der Waals surface area contributed by atoms with E-state index in [2.05, 4.69) is 5.32 Å². The lowest BCUT2D eigenvalue weighted by molar-refractivity contribution is -0.145. The van der Waals surface area contributed by atoms with Gasteiger partial charge in [0.25, 0.3) is 0 Å². The van der Waals surface area contributed by atoms with Gasteiger partial charge in [-0.25, -0.2) is 0 Å². The van der Waals surface area contributed by atoms with Crippen LogP contribution in [0.15, 0.2) is 30.3 Å². The topological polar surface area (TPSA) is 58.6 Å². The molecule has 5 heteroatoms. The van der Waals surface area contributed by atoms with Crippen LogP contribution in [0, 0.1) is 11.8 Å². The summed E-state index contributed by atoms with van der Waals surface area (Å²) in [6.45, 7) is 0.970. The van der Waals surface area contributed by atoms with Crippen molar-refractivity contribution in [2.45, 2.75) is 25.3 Å². The van der Waals surface area contributed by atoms with Gasteiger partial charge in [0.05, 0.1) is 7.11 Å². The van der Waals surface area contributed by atoms with Gasteiger partial charge >= 0.3 is 11.8 Å². The summed E-state index contributed by atoms with van der Waals surface area (Å²) in [6.07, 6.45) is 5.40. The van der Waals surface area contributed by atoms with Gasteiger partial charge in [-0.15, -0.1) is 0 Å². The Morgan fingerprint density at radius 3 is 2.50 bits per heavy atom. The fraction of sp³-hybridized carbons (Fsp3) is 0.474. The molecule has 2 unspecified atom stereocenters. The summed E-state index contributed by atoms with van der Waals surface area (Å²) in [5.74, 6) is 1.52. The monoisotopic (exact) mass is 326 g/mol. The minimum Gasteiger partial charge on any atom is -0.497 e. The smallest absolute Gasteiger partial charge is 0.312 e. The second kappa shape index (κ2) is 5.96. The SMILES string of the molecule is COc1ccc(C2=CCN(C(=O)C(=O)NC3CC4CC4C3)C2)cc1. The minimum atomic E-state index is -0.453. The first-order valence-electron chi connectivity index (χ1n) is 8.57. The molecule has 126 valence electrons. The predicted octanol–water partition coefficient (Wildman–Crippen LogP) is 1.84. The molecule has 1 aliphatic heterocycles. The highest BCUT2D eigenvalue weighted by Crippen LogP contribution is 2.51. The molecule has 2 fully saturated rings. The van der Waals surface area contributed by atoms with Crippen molar-refractivity contribution in [3.63, 3.8) is 0 Å². The Labute approximate surface area is 141 Å². The summed E-state index contributed by atoms with van der Waals surface area (Å²) in [5.41, 5.74) is 2.13. The van der Waals surface area contributed by atoms with E-state index in [1.54, 1.807) is 12.0 Å². The summed E-state index contributed by atoms with van der Waals surface area (Å²) in [6, 6.07) is 7.95. The summed E-state index contributed by atoms with van der Waals surface area (Å²) in [5, 5.41) is 2.92. The van der Waals surface area contributed by atoms with E-state index < -0.39 is 11.8 Å². The molecule has 2 amide bonds. The van der Waals surface area contributed by atoms with Crippen molar-refractivity contribution in [2.24, 2.45) is 11.8 Å². The Kier molecular flexibility index (Phi) is 3.79. The van der Waals surface area contributed by atoms with E-state index in [9.17, 15) is 9.59 Å². The molecule has 2 saturated carbocycles. The molecule has 2 aliphatic carbocycles. The van der Waals surface area contributed by atoms with Crippen molar-refractivity contribution < 1.29 is 14.3 Å². The Bertz CT molecular complexity index is 685. The van der Waals surface area contributed by atoms with E-state index in [0.717, 1.165) is 41.6 Å². The standard InChI is InChI=1S/C19H22N2O3/c1-24-17-4-2-12(3-5-17)13-6-7-21(11-13)19(23)18(22)20-16-9-14-8-15(14)10-16/h2-6,14-16H,7-11H2,1H3,(H,20,22). The number of carbonyl (C=O) groups is 2.